The maximum absolute atomic E-state index is 13.3. The average molecular weight is 241 g/mol. The van der Waals surface area contributed by atoms with Crippen LogP contribution in [0.15, 0.2) is 18.2 Å². The first kappa shape index (κ1) is 12.0. The number of amides is 1. The number of halogens is 2. The molecule has 0 spiro atoms. The van der Waals surface area contributed by atoms with E-state index in [4.69, 9.17) is 0 Å². The molecule has 1 fully saturated rings. The summed E-state index contributed by atoms with van der Waals surface area (Å²) >= 11 is 0. The maximum Gasteiger partial charge on any atom is 0.227 e. The Hall–Kier alpha value is -1.49. The third-order valence-electron chi connectivity index (χ3n) is 2.87. The normalized spacial score (nSPS) is 19.7. The van der Waals surface area contributed by atoms with Gasteiger partial charge in [0.05, 0.1) is 12.5 Å². The molecule has 5 heteroatoms. The number of carbonyl (C=O) groups excluding carboxylic acids is 1. The summed E-state index contributed by atoms with van der Waals surface area (Å²) in [6.07, 6.45) is -0.0340. The van der Waals surface area contributed by atoms with E-state index in [-0.39, 0.29) is 17.9 Å². The third kappa shape index (κ3) is 2.79. The molecule has 1 saturated heterocycles. The van der Waals surface area contributed by atoms with Crippen LogP contribution in [0, 0.1) is 11.6 Å². The van der Waals surface area contributed by atoms with Gasteiger partial charge in [0, 0.05) is 19.2 Å². The highest BCUT2D eigenvalue weighted by Gasteiger charge is 2.24. The van der Waals surface area contributed by atoms with E-state index in [0.29, 0.717) is 19.5 Å². The lowest BCUT2D eigenvalue weighted by Crippen LogP contribution is -2.31. The molecule has 1 aliphatic heterocycles. The van der Waals surface area contributed by atoms with E-state index in [1.165, 1.54) is 11.0 Å². The number of β-amino-alcohol motifs (C(OH)–C–C–N with tert-alkyl or cyclic N) is 1. The zero-order valence-corrected chi connectivity index (χ0v) is 9.20. The minimum atomic E-state index is -0.710. The van der Waals surface area contributed by atoms with Crippen molar-refractivity contribution in [1.29, 1.82) is 0 Å². The summed E-state index contributed by atoms with van der Waals surface area (Å²) < 4.78 is 26.0. The molecule has 2 rings (SSSR count). The SMILES string of the molecule is O=C(Cc1ccc(F)cc1F)N1CCC(O)C1. The van der Waals surface area contributed by atoms with E-state index < -0.39 is 17.7 Å². The molecule has 0 aromatic heterocycles. The van der Waals surface area contributed by atoms with Gasteiger partial charge in [0.15, 0.2) is 0 Å². The monoisotopic (exact) mass is 241 g/mol. The smallest absolute Gasteiger partial charge is 0.227 e. The van der Waals surface area contributed by atoms with Gasteiger partial charge in [0.1, 0.15) is 11.6 Å². The lowest BCUT2D eigenvalue weighted by atomic mass is 10.1. The number of nitrogens with zero attached hydrogens (tertiary/aromatic N) is 1. The molecule has 1 aliphatic rings. The van der Waals surface area contributed by atoms with Crippen molar-refractivity contribution in [2.24, 2.45) is 0 Å². The summed E-state index contributed by atoms with van der Waals surface area (Å²) in [6.45, 7) is 0.782. The topological polar surface area (TPSA) is 40.5 Å². The first-order valence-electron chi connectivity index (χ1n) is 5.46. The Morgan fingerprint density at radius 2 is 2.24 bits per heavy atom. The average Bonchev–Trinajstić information content (AvgIpc) is 2.69. The zero-order valence-electron chi connectivity index (χ0n) is 9.20. The fourth-order valence-electron chi connectivity index (χ4n) is 1.91. The van der Waals surface area contributed by atoms with Crippen LogP contribution in [-0.2, 0) is 11.2 Å². The van der Waals surface area contributed by atoms with Crippen LogP contribution in [0.1, 0.15) is 12.0 Å². The third-order valence-corrected chi connectivity index (χ3v) is 2.87. The Bertz CT molecular complexity index is 437. The quantitative estimate of drug-likeness (QED) is 0.842. The summed E-state index contributed by atoms with van der Waals surface area (Å²) in [7, 11) is 0. The van der Waals surface area contributed by atoms with Crippen LogP contribution in [0.3, 0.4) is 0 Å². The maximum atomic E-state index is 13.3. The van der Waals surface area contributed by atoms with E-state index in [1.807, 2.05) is 0 Å². The van der Waals surface area contributed by atoms with Gasteiger partial charge in [0.25, 0.3) is 0 Å². The second kappa shape index (κ2) is 4.79. The Morgan fingerprint density at radius 3 is 2.82 bits per heavy atom. The van der Waals surface area contributed by atoms with Gasteiger partial charge in [-0.25, -0.2) is 8.78 Å². The van der Waals surface area contributed by atoms with Crippen LogP contribution in [0.4, 0.5) is 8.78 Å². The predicted octanol–water partition coefficient (Wildman–Crippen LogP) is 1.10. The van der Waals surface area contributed by atoms with Crippen molar-refractivity contribution in [2.75, 3.05) is 13.1 Å². The summed E-state index contributed by atoms with van der Waals surface area (Å²) in [5.74, 6) is -1.61. The zero-order chi connectivity index (χ0) is 12.4. The first-order valence-corrected chi connectivity index (χ1v) is 5.46. The summed E-state index contributed by atoms with van der Waals surface area (Å²) in [6, 6.07) is 3.17. The van der Waals surface area contributed by atoms with Crippen molar-refractivity contribution in [3.05, 3.63) is 35.4 Å². The van der Waals surface area contributed by atoms with E-state index in [9.17, 15) is 18.7 Å². The molecule has 17 heavy (non-hydrogen) atoms. The van der Waals surface area contributed by atoms with Crippen LogP contribution >= 0.6 is 0 Å². The molecule has 1 aromatic rings. The van der Waals surface area contributed by atoms with Crippen LogP contribution in [0.2, 0.25) is 0 Å². The Kier molecular flexibility index (Phi) is 3.38. The van der Waals surface area contributed by atoms with E-state index in [0.717, 1.165) is 12.1 Å². The van der Waals surface area contributed by atoms with Crippen LogP contribution in [0.25, 0.3) is 0 Å². The number of likely N-dealkylation sites (tertiary alicyclic amines) is 1. The van der Waals surface area contributed by atoms with E-state index >= 15 is 0 Å². The van der Waals surface area contributed by atoms with E-state index in [1.54, 1.807) is 0 Å². The molecule has 1 N–H and O–H groups in total. The minimum absolute atomic E-state index is 0.0984. The molecule has 0 bridgehead atoms. The van der Waals surface area contributed by atoms with Crippen LogP contribution in [-0.4, -0.2) is 35.1 Å². The molecule has 92 valence electrons. The fraction of sp³-hybridized carbons (Fsp3) is 0.417. The first-order chi connectivity index (χ1) is 8.06. The lowest BCUT2D eigenvalue weighted by Gasteiger charge is -2.15. The summed E-state index contributed by atoms with van der Waals surface area (Å²) in [4.78, 5) is 13.2. The molecule has 1 aromatic carbocycles. The van der Waals surface area contributed by atoms with Crippen molar-refractivity contribution < 1.29 is 18.7 Å². The molecule has 1 atom stereocenters. The molecule has 1 unspecified atom stereocenters. The van der Waals surface area contributed by atoms with Crippen molar-refractivity contribution in [3.8, 4) is 0 Å². The molecule has 3 nitrogen and oxygen atoms in total. The van der Waals surface area contributed by atoms with Gasteiger partial charge in [-0.15, -0.1) is 0 Å². The van der Waals surface area contributed by atoms with Crippen molar-refractivity contribution in [1.82, 2.24) is 4.90 Å². The highest BCUT2D eigenvalue weighted by Crippen LogP contribution is 2.14. The van der Waals surface area contributed by atoms with Crippen molar-refractivity contribution in [2.45, 2.75) is 18.9 Å². The summed E-state index contributed by atoms with van der Waals surface area (Å²) in [5, 5.41) is 9.29. The summed E-state index contributed by atoms with van der Waals surface area (Å²) in [5.41, 5.74) is 0.179. The van der Waals surface area contributed by atoms with Gasteiger partial charge >= 0.3 is 0 Å². The number of hydrogen-bond donors (Lipinski definition) is 1. The standard InChI is InChI=1S/C12H13F2NO2/c13-9-2-1-8(11(14)6-9)5-12(17)15-4-3-10(16)7-15/h1-2,6,10,16H,3-5,7H2. The highest BCUT2D eigenvalue weighted by molar-refractivity contribution is 5.79. The number of aliphatic hydroxyl groups is 1. The van der Waals surface area contributed by atoms with Gasteiger partial charge in [-0.3, -0.25) is 4.79 Å². The van der Waals surface area contributed by atoms with E-state index in [2.05, 4.69) is 0 Å². The fourth-order valence-corrected chi connectivity index (χ4v) is 1.91. The Labute approximate surface area is 97.7 Å². The lowest BCUT2D eigenvalue weighted by molar-refractivity contribution is -0.129. The molecule has 0 aliphatic carbocycles. The molecular formula is C12H13F2NO2. The van der Waals surface area contributed by atoms with Crippen LogP contribution in [0.5, 0.6) is 0 Å². The number of benzene rings is 1. The number of hydrogen-bond acceptors (Lipinski definition) is 2. The number of carbonyl (C=O) groups is 1. The molecular weight excluding hydrogens is 228 g/mol. The van der Waals surface area contributed by atoms with Gasteiger partial charge in [-0.05, 0) is 18.1 Å². The minimum Gasteiger partial charge on any atom is -0.391 e. The Balaban J connectivity index is 2.03. The predicted molar refractivity (Wildman–Crippen MR) is 57.3 cm³/mol. The molecule has 1 heterocycles. The Morgan fingerprint density at radius 1 is 1.47 bits per heavy atom. The molecule has 0 saturated carbocycles. The molecule has 0 radical (unpaired) electrons. The van der Waals surface area contributed by atoms with Gasteiger partial charge in [-0.1, -0.05) is 6.07 Å². The second-order valence-corrected chi connectivity index (χ2v) is 4.19. The number of aliphatic hydroxyl groups excluding tert-OH is 1. The largest absolute Gasteiger partial charge is 0.391 e. The van der Waals surface area contributed by atoms with Crippen molar-refractivity contribution >= 4 is 5.91 Å². The highest BCUT2D eigenvalue weighted by atomic mass is 19.1. The number of rotatable bonds is 2. The van der Waals surface area contributed by atoms with Gasteiger partial charge in [-0.2, -0.15) is 0 Å². The van der Waals surface area contributed by atoms with Gasteiger partial charge in [0.2, 0.25) is 5.91 Å². The molecule has 1 amide bonds. The van der Waals surface area contributed by atoms with Crippen molar-refractivity contribution in [3.63, 3.8) is 0 Å². The van der Waals surface area contributed by atoms with Crippen LogP contribution < -0.4 is 0 Å². The van der Waals surface area contributed by atoms with Gasteiger partial charge < -0.3 is 10.0 Å². The second-order valence-electron chi connectivity index (χ2n) is 4.19.